The fourth-order valence-corrected chi connectivity index (χ4v) is 6.51. The Morgan fingerprint density at radius 3 is 2.60 bits per heavy atom. The molecule has 4 amide bonds. The summed E-state index contributed by atoms with van der Waals surface area (Å²) in [7, 11) is 0. The molecule has 4 heterocycles. The molecule has 3 N–H and O–H groups in total. The lowest BCUT2D eigenvalue weighted by Gasteiger charge is -2.25. The largest absolute Gasteiger partial charge is 0.443 e. The molecule has 0 unspecified atom stereocenters. The van der Waals surface area contributed by atoms with Crippen LogP contribution < -0.4 is 16.0 Å². The number of nitrogens with zero attached hydrogens (tertiary/aromatic N) is 3. The molecule has 2 aliphatic rings. The van der Waals surface area contributed by atoms with Crippen LogP contribution in [0.4, 0.5) is 0 Å². The molecule has 12 nitrogen and oxygen atoms in total. The summed E-state index contributed by atoms with van der Waals surface area (Å²) in [5.41, 5.74) is 1.32. The van der Waals surface area contributed by atoms with Gasteiger partial charge in [-0.3, -0.25) is 19.2 Å². The Balaban J connectivity index is 1.44. The number of nitrogens with one attached hydrogen (secondary N) is 3. The van der Waals surface area contributed by atoms with Crippen molar-refractivity contribution in [2.75, 3.05) is 26.2 Å². The van der Waals surface area contributed by atoms with Crippen LogP contribution in [0.1, 0.15) is 94.8 Å². The van der Waals surface area contributed by atoms with E-state index in [1.165, 1.54) is 11.3 Å². The van der Waals surface area contributed by atoms with E-state index in [1.807, 2.05) is 44.2 Å². The van der Waals surface area contributed by atoms with E-state index in [0.29, 0.717) is 43.2 Å². The minimum atomic E-state index is -0.618. The summed E-state index contributed by atoms with van der Waals surface area (Å²) in [6.45, 7) is 6.92. The molecule has 0 spiro atoms. The predicted molar refractivity (Wildman–Crippen MR) is 167 cm³/mol. The Bertz CT molecular complexity index is 1500. The average molecular weight is 637 g/mol. The number of amides is 4. The highest BCUT2D eigenvalue weighted by atomic mass is 32.1. The smallest absolute Gasteiger partial charge is 0.274 e. The Morgan fingerprint density at radius 2 is 1.87 bits per heavy atom. The highest BCUT2D eigenvalue weighted by Gasteiger charge is 2.30. The van der Waals surface area contributed by atoms with Crippen LogP contribution in [0, 0.1) is 12.8 Å². The van der Waals surface area contributed by atoms with Gasteiger partial charge in [0.1, 0.15) is 28.6 Å². The van der Waals surface area contributed by atoms with Crippen molar-refractivity contribution in [3.63, 3.8) is 0 Å². The predicted octanol–water partition coefficient (Wildman–Crippen LogP) is 3.50. The molecular weight excluding hydrogens is 596 g/mol. The Morgan fingerprint density at radius 1 is 1.07 bits per heavy atom. The molecule has 0 aliphatic carbocycles. The molecule has 2 aromatic heterocycles. The van der Waals surface area contributed by atoms with Gasteiger partial charge in [0.2, 0.25) is 11.8 Å². The number of fused-ring (bicyclic) bond motifs is 4. The summed E-state index contributed by atoms with van der Waals surface area (Å²) in [4.78, 5) is 63.7. The number of thiazole rings is 1. The zero-order chi connectivity index (χ0) is 31.9. The van der Waals surface area contributed by atoms with E-state index in [9.17, 15) is 19.2 Å². The molecule has 1 aromatic carbocycles. The number of oxazole rings is 1. The van der Waals surface area contributed by atoms with E-state index in [4.69, 9.17) is 9.15 Å². The summed E-state index contributed by atoms with van der Waals surface area (Å²) in [6, 6.07) is 8.56. The second-order valence-corrected chi connectivity index (χ2v) is 12.6. The Labute approximate surface area is 266 Å². The van der Waals surface area contributed by atoms with E-state index < -0.39 is 24.1 Å². The second-order valence-electron chi connectivity index (χ2n) is 11.7. The van der Waals surface area contributed by atoms with Crippen LogP contribution in [0.25, 0.3) is 0 Å². The third kappa shape index (κ3) is 8.14. The molecular formula is C32H40N6O6S. The maximum absolute atomic E-state index is 13.5. The van der Waals surface area contributed by atoms with Gasteiger partial charge in [-0.1, -0.05) is 44.2 Å². The maximum Gasteiger partial charge on any atom is 0.274 e. The van der Waals surface area contributed by atoms with Gasteiger partial charge in [0.25, 0.3) is 17.7 Å². The summed E-state index contributed by atoms with van der Waals surface area (Å²) in [6.07, 6.45) is 1.92. The monoisotopic (exact) mass is 636 g/mol. The standard InChI is InChI=1S/C32H40N6O6S/c1-19(2)26-31-35-23(18-45-31)28(40)33-13-15-38(32(42)24-11-8-16-43-24)14-7-12-25(39)34-22(17-21-9-5-4-6-10-21)30-37-27(20(3)44-30)29(41)36-26/h4-6,9-10,18-19,22,24,26H,7-8,11-17H2,1-3H3,(H,33,40)(H,34,39)(H,36,41)/t22-,24-,26-/m0/s1. The third-order valence-corrected chi connectivity index (χ3v) is 8.86. The van der Waals surface area contributed by atoms with Gasteiger partial charge >= 0.3 is 0 Å². The number of benzene rings is 1. The lowest BCUT2D eigenvalue weighted by atomic mass is 10.0. The minimum absolute atomic E-state index is 0.0389. The normalized spacial score (nSPS) is 22.1. The van der Waals surface area contributed by atoms with Crippen LogP contribution in [-0.4, -0.2) is 70.8 Å². The van der Waals surface area contributed by atoms with Crippen molar-refractivity contribution in [3.8, 4) is 0 Å². The van der Waals surface area contributed by atoms with Gasteiger partial charge in [-0.25, -0.2) is 9.97 Å². The van der Waals surface area contributed by atoms with Crippen molar-refractivity contribution in [3.05, 3.63) is 69.3 Å². The quantitative estimate of drug-likeness (QED) is 0.393. The number of hydrogen-bond donors (Lipinski definition) is 3. The van der Waals surface area contributed by atoms with Crippen LogP contribution in [0.3, 0.4) is 0 Å². The van der Waals surface area contributed by atoms with Crippen LogP contribution in [0.2, 0.25) is 0 Å². The van der Waals surface area contributed by atoms with Gasteiger partial charge in [0.15, 0.2) is 5.69 Å². The Hall–Kier alpha value is -4.10. The number of hydrogen-bond acceptors (Lipinski definition) is 9. The summed E-state index contributed by atoms with van der Waals surface area (Å²) in [5, 5.41) is 11.2. The zero-order valence-electron chi connectivity index (χ0n) is 25.8. The van der Waals surface area contributed by atoms with Gasteiger partial charge in [-0.2, -0.15) is 0 Å². The van der Waals surface area contributed by atoms with Gasteiger partial charge in [-0.15, -0.1) is 11.3 Å². The van der Waals surface area contributed by atoms with E-state index in [2.05, 4.69) is 25.9 Å². The molecule has 0 radical (unpaired) electrons. The first-order valence-electron chi connectivity index (χ1n) is 15.4. The number of aryl methyl sites for hydroxylation is 1. The first-order chi connectivity index (χ1) is 21.7. The third-order valence-electron chi connectivity index (χ3n) is 7.93. The molecule has 240 valence electrons. The summed E-state index contributed by atoms with van der Waals surface area (Å²) < 4.78 is 11.6. The van der Waals surface area contributed by atoms with Crippen molar-refractivity contribution in [2.24, 2.45) is 5.92 Å². The molecule has 3 atom stereocenters. The van der Waals surface area contributed by atoms with Crippen molar-refractivity contribution in [1.82, 2.24) is 30.8 Å². The number of carbonyl (C=O) groups is 4. The van der Waals surface area contributed by atoms with Crippen LogP contribution in [-0.2, 0) is 20.7 Å². The molecule has 45 heavy (non-hydrogen) atoms. The molecule has 5 rings (SSSR count). The molecule has 13 heteroatoms. The SMILES string of the molecule is Cc1oc2nc1C(=O)N[C@@H](C(C)C)c1nc(cs1)C(=O)NCCN(C(=O)[C@@H]1CCCO1)CCCC(=O)N[C@H]2Cc1ccccc1. The van der Waals surface area contributed by atoms with E-state index in [0.717, 1.165) is 12.0 Å². The van der Waals surface area contributed by atoms with E-state index >= 15 is 0 Å². The van der Waals surface area contributed by atoms with Crippen LogP contribution >= 0.6 is 11.3 Å². The second kappa shape index (κ2) is 14.8. The molecule has 2 aliphatic heterocycles. The van der Waals surface area contributed by atoms with E-state index in [1.54, 1.807) is 17.2 Å². The highest BCUT2D eigenvalue weighted by molar-refractivity contribution is 7.09. The van der Waals surface area contributed by atoms with E-state index in [-0.39, 0.29) is 60.4 Å². The molecule has 4 bridgehead atoms. The lowest BCUT2D eigenvalue weighted by Crippen LogP contribution is -2.44. The first kappa shape index (κ1) is 32.3. The van der Waals surface area contributed by atoms with Gasteiger partial charge in [0.05, 0.1) is 6.04 Å². The summed E-state index contributed by atoms with van der Waals surface area (Å²) >= 11 is 1.29. The molecule has 1 fully saturated rings. The number of aromatic nitrogens is 2. The number of rotatable bonds is 4. The zero-order valence-corrected chi connectivity index (χ0v) is 26.7. The maximum atomic E-state index is 13.5. The van der Waals surface area contributed by atoms with Crippen molar-refractivity contribution < 1.29 is 28.3 Å². The number of carbonyl (C=O) groups excluding carboxylic acids is 4. The van der Waals surface area contributed by atoms with Gasteiger partial charge < -0.3 is 30.0 Å². The Kier molecular flexibility index (Phi) is 10.6. The first-order valence-corrected chi connectivity index (χ1v) is 16.3. The van der Waals surface area contributed by atoms with Gasteiger partial charge in [-0.05, 0) is 37.7 Å². The highest BCUT2D eigenvalue weighted by Crippen LogP contribution is 2.27. The van der Waals surface area contributed by atoms with Crippen molar-refractivity contribution in [2.45, 2.75) is 71.1 Å². The average Bonchev–Trinajstić information content (AvgIpc) is 3.80. The summed E-state index contributed by atoms with van der Waals surface area (Å²) in [5.74, 6) is -0.657. The minimum Gasteiger partial charge on any atom is -0.443 e. The van der Waals surface area contributed by atoms with Crippen molar-refractivity contribution >= 4 is 35.0 Å². The molecule has 3 aromatic rings. The van der Waals surface area contributed by atoms with Crippen LogP contribution in [0.15, 0.2) is 40.1 Å². The topological polar surface area (TPSA) is 156 Å². The molecule has 0 saturated carbocycles. The number of ether oxygens (including phenoxy) is 1. The van der Waals surface area contributed by atoms with Crippen molar-refractivity contribution in [1.29, 1.82) is 0 Å². The van der Waals surface area contributed by atoms with Crippen LogP contribution in [0.5, 0.6) is 0 Å². The lowest BCUT2D eigenvalue weighted by molar-refractivity contribution is -0.141. The fraction of sp³-hybridized carbons (Fsp3) is 0.500. The van der Waals surface area contributed by atoms with Gasteiger partial charge in [0, 0.05) is 44.5 Å². The fourth-order valence-electron chi connectivity index (χ4n) is 5.48. The molecule has 1 saturated heterocycles.